The first-order valence-corrected chi connectivity index (χ1v) is 58.7. The monoisotopic (exact) mass is 1880 g/mol. The Hall–Kier alpha value is -5.32. The molecule has 0 radical (unpaired) electrons. The lowest BCUT2D eigenvalue weighted by atomic mass is 9.97. The number of Topliss-reactive ketones (excluding diaryl/α,β-unsaturated/α-hetero) is 5. The Bertz CT molecular complexity index is 2900. The number of ether oxygens (including phenoxy) is 3. The number of carbonyl (C=O) groups is 8. The summed E-state index contributed by atoms with van der Waals surface area (Å²) in [6.45, 7) is 6.21. The van der Waals surface area contributed by atoms with Gasteiger partial charge in [-0.05, 0) is 256 Å². The van der Waals surface area contributed by atoms with Crippen molar-refractivity contribution in [3.63, 3.8) is 0 Å². The Kier molecular flexibility index (Phi) is 102. The Morgan fingerprint density at radius 3 is 0.681 bits per heavy atom. The molecule has 8 aliphatic rings. The van der Waals surface area contributed by atoms with Gasteiger partial charge >= 0.3 is 17.9 Å². The van der Waals surface area contributed by atoms with Crippen molar-refractivity contribution >= 4 is 46.8 Å². The number of allylic oxidation sites excluding steroid dienone is 16. The van der Waals surface area contributed by atoms with E-state index in [-0.39, 0.29) is 17.9 Å². The maximum absolute atomic E-state index is 11.7. The van der Waals surface area contributed by atoms with E-state index < -0.39 is 0 Å². The average Bonchev–Trinajstić information content (AvgIpc) is 1.83. The van der Waals surface area contributed by atoms with E-state index in [1.54, 1.807) is 0 Å². The summed E-state index contributed by atoms with van der Waals surface area (Å²) in [6.07, 6.45) is 145. The van der Waals surface area contributed by atoms with Crippen molar-refractivity contribution in [1.82, 2.24) is 0 Å². The van der Waals surface area contributed by atoms with Crippen molar-refractivity contribution in [2.75, 3.05) is 19.8 Å². The Morgan fingerprint density at radius 1 is 0.163 bits per heavy atom. The summed E-state index contributed by atoms with van der Waals surface area (Å²) in [5.41, 5.74) is 0. The molecule has 3 heterocycles. The van der Waals surface area contributed by atoms with Crippen molar-refractivity contribution in [1.29, 1.82) is 0 Å². The van der Waals surface area contributed by atoms with Crippen molar-refractivity contribution in [3.8, 4) is 0 Å². The predicted octanol–water partition coefficient (Wildman–Crippen LogP) is 38.5. The second-order valence-electron chi connectivity index (χ2n) is 41.1. The molecule has 0 aromatic rings. The van der Waals surface area contributed by atoms with Crippen LogP contribution in [0.2, 0.25) is 0 Å². The van der Waals surface area contributed by atoms with Crippen molar-refractivity contribution in [2.45, 2.75) is 611 Å². The lowest BCUT2D eigenvalue weighted by Crippen LogP contribution is -2.08. The third-order valence-corrected chi connectivity index (χ3v) is 27.4. The molecule has 0 saturated heterocycles. The van der Waals surface area contributed by atoms with E-state index in [1.165, 1.54) is 379 Å². The number of hydrogen-bond acceptors (Lipinski definition) is 11. The molecule has 0 aromatic heterocycles. The quantitative estimate of drug-likeness (QED) is 0.129. The van der Waals surface area contributed by atoms with E-state index in [2.05, 4.69) is 111 Å². The molecule has 3 aliphatic heterocycles. The van der Waals surface area contributed by atoms with Gasteiger partial charge in [0.25, 0.3) is 0 Å². The van der Waals surface area contributed by atoms with E-state index in [0.717, 1.165) is 193 Å². The number of esters is 3. The van der Waals surface area contributed by atoms with Crippen LogP contribution in [0.25, 0.3) is 0 Å². The number of ketones is 5. The molecule has 0 bridgehead atoms. The lowest BCUT2D eigenvalue weighted by Gasteiger charge is -2.09. The van der Waals surface area contributed by atoms with Gasteiger partial charge < -0.3 is 14.2 Å². The Morgan fingerprint density at radius 2 is 0.363 bits per heavy atom. The molecular formula is C124H216O11. The van der Waals surface area contributed by atoms with Crippen LogP contribution in [0.15, 0.2) is 97.2 Å². The summed E-state index contributed by atoms with van der Waals surface area (Å²) in [5.74, 6) is 3.45. The van der Waals surface area contributed by atoms with Crippen LogP contribution in [0.3, 0.4) is 0 Å². The molecule has 2 unspecified atom stereocenters. The van der Waals surface area contributed by atoms with Gasteiger partial charge in [0.2, 0.25) is 0 Å². The third-order valence-electron chi connectivity index (χ3n) is 27.4. The molecule has 0 spiro atoms. The molecule has 11 nitrogen and oxygen atoms in total. The summed E-state index contributed by atoms with van der Waals surface area (Å²) in [6, 6.07) is 0. The summed E-state index contributed by atoms with van der Waals surface area (Å²) >= 11 is 0. The lowest BCUT2D eigenvalue weighted by molar-refractivity contribution is -0.145. The van der Waals surface area contributed by atoms with Crippen LogP contribution in [-0.2, 0) is 52.6 Å². The molecule has 5 aliphatic carbocycles. The fourth-order valence-corrected chi connectivity index (χ4v) is 18.3. The normalized spacial score (nSPS) is 25.1. The van der Waals surface area contributed by atoms with Gasteiger partial charge in [-0.1, -0.05) is 381 Å². The van der Waals surface area contributed by atoms with Gasteiger partial charge in [-0.15, -0.1) is 0 Å². The van der Waals surface area contributed by atoms with Crippen LogP contribution in [0, 0.1) is 11.8 Å². The smallest absolute Gasteiger partial charge is 0.305 e. The third kappa shape index (κ3) is 106. The average molecular weight is 1880 g/mol. The topological polar surface area (TPSA) is 164 Å². The van der Waals surface area contributed by atoms with Gasteiger partial charge in [-0.3, -0.25) is 38.4 Å². The van der Waals surface area contributed by atoms with Gasteiger partial charge in [0.15, 0.2) is 0 Å². The van der Waals surface area contributed by atoms with Crippen LogP contribution in [0.5, 0.6) is 0 Å². The summed E-state index contributed by atoms with van der Waals surface area (Å²) in [5, 5.41) is 0. The number of cyclic esters (lactones) is 3. The highest BCUT2D eigenvalue weighted by Crippen LogP contribution is 2.23. The highest BCUT2D eigenvalue weighted by molar-refractivity contribution is 5.80. The zero-order valence-electron chi connectivity index (χ0n) is 88.8. The first-order chi connectivity index (χ1) is 66.4. The van der Waals surface area contributed by atoms with Gasteiger partial charge in [-0.2, -0.15) is 0 Å². The maximum atomic E-state index is 11.7. The fourth-order valence-electron chi connectivity index (χ4n) is 18.3. The molecule has 0 N–H and O–H groups in total. The van der Waals surface area contributed by atoms with Crippen molar-refractivity contribution < 1.29 is 52.6 Å². The van der Waals surface area contributed by atoms with E-state index in [4.69, 9.17) is 14.2 Å². The van der Waals surface area contributed by atoms with Crippen LogP contribution >= 0.6 is 0 Å². The Labute approximate surface area is 834 Å². The van der Waals surface area contributed by atoms with Crippen LogP contribution < -0.4 is 0 Å². The van der Waals surface area contributed by atoms with Gasteiger partial charge in [0.05, 0.1) is 19.8 Å². The van der Waals surface area contributed by atoms with Crippen molar-refractivity contribution in [3.05, 3.63) is 97.2 Å². The van der Waals surface area contributed by atoms with Gasteiger partial charge in [0.1, 0.15) is 28.9 Å². The zero-order valence-corrected chi connectivity index (χ0v) is 88.8. The van der Waals surface area contributed by atoms with E-state index in [9.17, 15) is 38.4 Å². The van der Waals surface area contributed by atoms with E-state index in [0.29, 0.717) is 86.3 Å². The molecule has 8 rings (SSSR count). The molecule has 2 atom stereocenters. The molecule has 11 heteroatoms. The molecule has 0 fully saturated rings. The van der Waals surface area contributed by atoms with Crippen LogP contribution in [0.4, 0.5) is 0 Å². The fraction of sp³-hybridized carbons (Fsp3) is 0.806. The minimum absolute atomic E-state index is 0.000729. The predicted molar refractivity (Wildman–Crippen MR) is 579 cm³/mol. The largest absolute Gasteiger partial charge is 0.466 e. The molecule has 0 saturated carbocycles. The minimum Gasteiger partial charge on any atom is -0.466 e. The number of carbonyl (C=O) groups excluding carboxylic acids is 8. The highest BCUT2D eigenvalue weighted by atomic mass is 16.5. The summed E-state index contributed by atoms with van der Waals surface area (Å²) in [7, 11) is 0. The van der Waals surface area contributed by atoms with Gasteiger partial charge in [-0.25, -0.2) is 0 Å². The van der Waals surface area contributed by atoms with E-state index in [1.807, 2.05) is 0 Å². The molecule has 0 aromatic carbocycles. The number of hydrogen-bond donors (Lipinski definition) is 0. The standard InChI is InChI=1S/C17H30O.C16H28O2.2C16H28O.2C15H26O2.C15H26O.C14H24O/c18-17-15-13-11-9-7-5-3-1-2-4-6-8-10-12-14-16-17;17-16-14-12-10-8-6-4-2-1-3-5-7-9-11-13-15-18-16;1-15-12-10-8-6-4-2-3-5-7-9-11-13-16(17)14-15;17-16-14-12-10-8-6-4-2-1-3-5-7-9-11-13-15-16;1-14-10-8-6-4-2-3-5-7-9-11-15(16)17-13-12-14;16-15-13-11-9-7-5-3-1-2-4-6-8-10-12-14-17-15;16-15-13-11-9-7-5-3-1-2-4-6-8-10-12-14-15;15-14-12-10-8-6-4-2-1-3-5-7-9-11-13-14/h1-2H,3-16H2;1-2H,3-15H2;8,10,15H,2-7,9,11-14H2,1H3;6,8H,1-5,7,9-15H2;6,8,14H,2-5,7,9-13H2,1H3;6,8H,1-5,7,9-14H2;7,9H,1-6,8,10-14H2;8,10H,1-7,9,11-13H2/b2-1-;2-1+;10-8-;8-6-;8-6+;8-6-;9-7-;10-8+. The van der Waals surface area contributed by atoms with Crippen molar-refractivity contribution in [2.24, 2.45) is 11.8 Å². The van der Waals surface area contributed by atoms with Gasteiger partial charge in [0, 0.05) is 83.5 Å². The molecule has 135 heavy (non-hydrogen) atoms. The molecule has 0 amide bonds. The van der Waals surface area contributed by atoms with E-state index >= 15 is 0 Å². The second-order valence-corrected chi connectivity index (χ2v) is 41.1. The maximum Gasteiger partial charge on any atom is 0.305 e. The first-order valence-electron chi connectivity index (χ1n) is 58.7. The highest BCUT2D eigenvalue weighted by Gasteiger charge is 2.13. The van der Waals surface area contributed by atoms with Crippen LogP contribution in [-0.4, -0.2) is 66.6 Å². The zero-order chi connectivity index (χ0) is 97.1. The second kappa shape index (κ2) is 108. The summed E-state index contributed by atoms with van der Waals surface area (Å²) in [4.78, 5) is 91.9. The summed E-state index contributed by atoms with van der Waals surface area (Å²) < 4.78 is 15.6. The minimum atomic E-state index is -0.0129. The molecular weight excluding hydrogens is 1670 g/mol. The first kappa shape index (κ1) is 128. The SMILES string of the molecule is CC1C/C=C/CCCCCCCC(=O)OCC1.CC1C/C=C\CCCCCCCCCC(=O)C1.O=C1C/C=C/CCCCCCCCCC1.O=C1CC/C=C\CCCCCCCCCC1.O=C1CCC/C=C\CCCCCCCCCC1.O=C1CCCCCC/C=C/CCCCCCCO1.O=C1CCCCCCC/C=C\CCCCCCC1.O=C1CCCCCCCCC/C=C\CCCO1. The number of rotatable bonds is 0. The Balaban J connectivity index is 0.000000772. The van der Waals surface area contributed by atoms with Crippen LogP contribution in [0.1, 0.15) is 611 Å². The molecule has 778 valence electrons.